The Kier molecular flexibility index (Phi) is 8.06. The fourth-order valence-electron chi connectivity index (χ4n) is 5.24. The molecule has 0 spiro atoms. The molecular weight excluding hydrogens is 332 g/mol. The van der Waals surface area contributed by atoms with Crippen LogP contribution in [0.4, 0.5) is 0 Å². The molecule has 1 N–H and O–H groups in total. The van der Waals surface area contributed by atoms with Crippen LogP contribution in [0.25, 0.3) is 0 Å². The molecule has 0 heterocycles. The predicted molar refractivity (Wildman–Crippen MR) is 114 cm³/mol. The van der Waals surface area contributed by atoms with Crippen LogP contribution in [0.1, 0.15) is 90.9 Å². The highest BCUT2D eigenvalue weighted by molar-refractivity contribution is 5.24. The zero-order valence-corrected chi connectivity index (χ0v) is 17.6. The van der Waals surface area contributed by atoms with Crippen molar-refractivity contribution in [1.29, 1.82) is 0 Å². The molecule has 0 amide bonds. The van der Waals surface area contributed by atoms with Gasteiger partial charge in [0.25, 0.3) is 0 Å². The van der Waals surface area contributed by atoms with Crippen molar-refractivity contribution < 1.29 is 9.84 Å². The molecule has 0 radical (unpaired) electrons. The molecule has 0 bridgehead atoms. The summed E-state index contributed by atoms with van der Waals surface area (Å²) in [7, 11) is 0. The highest BCUT2D eigenvalue weighted by Crippen LogP contribution is 2.38. The zero-order chi connectivity index (χ0) is 19.1. The zero-order valence-electron chi connectivity index (χ0n) is 17.6. The van der Waals surface area contributed by atoms with Crippen molar-refractivity contribution in [3.8, 4) is 0 Å². The minimum atomic E-state index is 0.247. The van der Waals surface area contributed by atoms with Crippen LogP contribution in [0.2, 0.25) is 0 Å². The monoisotopic (exact) mass is 372 g/mol. The summed E-state index contributed by atoms with van der Waals surface area (Å²) in [5, 5.41) is 9.80. The number of ether oxygens (including phenoxy) is 1. The second-order valence-electron chi connectivity index (χ2n) is 9.07. The van der Waals surface area contributed by atoms with E-state index in [1.807, 2.05) is 6.08 Å². The van der Waals surface area contributed by atoms with Crippen LogP contribution < -0.4 is 0 Å². The van der Waals surface area contributed by atoms with Crippen LogP contribution >= 0.6 is 0 Å². The Bertz CT molecular complexity index is 557. The van der Waals surface area contributed by atoms with Gasteiger partial charge in [-0.05, 0) is 76.2 Å². The molecule has 0 aromatic heterocycles. The summed E-state index contributed by atoms with van der Waals surface area (Å²) >= 11 is 0. The molecule has 0 aromatic carbocycles. The maximum atomic E-state index is 9.80. The van der Waals surface area contributed by atoms with Gasteiger partial charge < -0.3 is 9.84 Å². The molecule has 0 fully saturated rings. The number of aliphatic hydroxyl groups is 1. The van der Waals surface area contributed by atoms with E-state index in [2.05, 4.69) is 26.0 Å². The van der Waals surface area contributed by atoms with E-state index < -0.39 is 0 Å². The van der Waals surface area contributed by atoms with Gasteiger partial charge in [-0.2, -0.15) is 0 Å². The van der Waals surface area contributed by atoms with Gasteiger partial charge in [0, 0.05) is 18.4 Å². The van der Waals surface area contributed by atoms with E-state index in [1.54, 1.807) is 11.1 Å². The molecule has 0 aliphatic heterocycles. The maximum absolute atomic E-state index is 9.80. The molecule has 3 aliphatic carbocycles. The minimum Gasteiger partial charge on any atom is -0.512 e. The van der Waals surface area contributed by atoms with Gasteiger partial charge in [-0.25, -0.2) is 0 Å². The predicted octanol–water partition coefficient (Wildman–Crippen LogP) is 7.28. The Morgan fingerprint density at radius 1 is 1.11 bits per heavy atom. The smallest absolute Gasteiger partial charge is 0.0912 e. The molecule has 0 saturated heterocycles. The van der Waals surface area contributed by atoms with Crippen LogP contribution in [0.15, 0.2) is 35.1 Å². The van der Waals surface area contributed by atoms with Gasteiger partial charge in [0.1, 0.15) is 0 Å². The molecule has 3 unspecified atom stereocenters. The molecule has 2 heteroatoms. The number of hydrogen-bond acceptors (Lipinski definition) is 2. The molecule has 3 aliphatic rings. The molecule has 152 valence electrons. The van der Waals surface area contributed by atoms with Gasteiger partial charge >= 0.3 is 0 Å². The fourth-order valence-corrected chi connectivity index (χ4v) is 5.24. The maximum Gasteiger partial charge on any atom is 0.0912 e. The summed E-state index contributed by atoms with van der Waals surface area (Å²) in [6, 6.07) is 0. The summed E-state index contributed by atoms with van der Waals surface area (Å²) in [5.74, 6) is 2.34. The van der Waals surface area contributed by atoms with E-state index in [0.29, 0.717) is 11.7 Å². The van der Waals surface area contributed by atoms with E-state index in [-0.39, 0.29) is 12.0 Å². The molecular formula is C25H40O2. The Balaban J connectivity index is 1.57. The van der Waals surface area contributed by atoms with Crippen LogP contribution in [0, 0.1) is 17.8 Å². The minimum absolute atomic E-state index is 0.247. The Morgan fingerprint density at radius 2 is 1.96 bits per heavy atom. The number of aliphatic hydroxyl groups excluding tert-OH is 1. The molecule has 27 heavy (non-hydrogen) atoms. The van der Waals surface area contributed by atoms with Gasteiger partial charge in [-0.1, -0.05) is 50.0 Å². The largest absolute Gasteiger partial charge is 0.512 e. The number of hydrogen-bond donors (Lipinski definition) is 1. The molecule has 4 atom stereocenters. The quantitative estimate of drug-likeness (QED) is 0.454. The van der Waals surface area contributed by atoms with Gasteiger partial charge in [0.2, 0.25) is 0 Å². The van der Waals surface area contributed by atoms with Crippen molar-refractivity contribution >= 4 is 0 Å². The molecule has 2 nitrogen and oxygen atoms in total. The van der Waals surface area contributed by atoms with Crippen molar-refractivity contribution in [2.24, 2.45) is 17.8 Å². The van der Waals surface area contributed by atoms with Crippen molar-refractivity contribution in [2.45, 2.75) is 97.0 Å². The average Bonchev–Trinajstić information content (AvgIpc) is 2.70. The lowest BCUT2D eigenvalue weighted by Gasteiger charge is -2.31. The van der Waals surface area contributed by atoms with E-state index in [0.717, 1.165) is 31.8 Å². The van der Waals surface area contributed by atoms with Gasteiger partial charge in [-0.3, -0.25) is 0 Å². The number of rotatable bonds is 8. The van der Waals surface area contributed by atoms with Crippen molar-refractivity contribution in [1.82, 2.24) is 0 Å². The molecule has 0 saturated carbocycles. The summed E-state index contributed by atoms with van der Waals surface area (Å²) in [5.41, 5.74) is 3.40. The third-order valence-electron chi connectivity index (χ3n) is 6.94. The average molecular weight is 373 g/mol. The summed E-state index contributed by atoms with van der Waals surface area (Å²) in [6.45, 7) is 5.26. The molecule has 3 rings (SSSR count). The third-order valence-corrected chi connectivity index (χ3v) is 6.94. The SMILES string of the molecule is CCCC1CC=C(C(CCO[C@H]2CC=C(O)C(C)C2)C2=CCCCC2)CC1. The van der Waals surface area contributed by atoms with E-state index in [9.17, 15) is 5.11 Å². The highest BCUT2D eigenvalue weighted by Gasteiger charge is 2.25. The Labute approximate surface area is 166 Å². The van der Waals surface area contributed by atoms with Crippen LogP contribution in [-0.4, -0.2) is 17.8 Å². The van der Waals surface area contributed by atoms with Crippen molar-refractivity contribution in [2.75, 3.05) is 6.61 Å². The highest BCUT2D eigenvalue weighted by atomic mass is 16.5. The second-order valence-corrected chi connectivity index (χ2v) is 9.07. The van der Waals surface area contributed by atoms with E-state index in [1.165, 1.54) is 57.8 Å². The summed E-state index contributed by atoms with van der Waals surface area (Å²) in [4.78, 5) is 0. The fraction of sp³-hybridized carbons (Fsp3) is 0.760. The lowest BCUT2D eigenvalue weighted by molar-refractivity contribution is 0.0276. The summed E-state index contributed by atoms with van der Waals surface area (Å²) < 4.78 is 6.26. The lowest BCUT2D eigenvalue weighted by atomic mass is 9.76. The first-order valence-electron chi connectivity index (χ1n) is 11.6. The van der Waals surface area contributed by atoms with Crippen molar-refractivity contribution in [3.05, 3.63) is 35.1 Å². The first-order chi connectivity index (χ1) is 13.2. The van der Waals surface area contributed by atoms with E-state index >= 15 is 0 Å². The van der Waals surface area contributed by atoms with Crippen LogP contribution in [0.5, 0.6) is 0 Å². The third kappa shape index (κ3) is 5.98. The first-order valence-corrected chi connectivity index (χ1v) is 11.6. The topological polar surface area (TPSA) is 29.5 Å². The molecule has 0 aromatic rings. The van der Waals surface area contributed by atoms with Crippen molar-refractivity contribution in [3.63, 3.8) is 0 Å². The van der Waals surface area contributed by atoms with Gasteiger partial charge in [0.15, 0.2) is 0 Å². The normalized spacial score (nSPS) is 30.3. The Hall–Kier alpha value is -1.02. The van der Waals surface area contributed by atoms with Gasteiger partial charge in [0.05, 0.1) is 11.9 Å². The first kappa shape index (κ1) is 20.7. The number of allylic oxidation sites excluding steroid dienone is 5. The Morgan fingerprint density at radius 3 is 2.63 bits per heavy atom. The standard InChI is InChI=1S/C25H40O2/c1-3-7-20-10-12-22(13-11-20)24(21-8-5-4-6-9-21)16-17-27-23-14-15-25(26)19(2)18-23/h8,12,15,19-20,23-24,26H,3-7,9-11,13-14,16-18H2,1-2H3/t19?,20?,23-,24?/m0/s1. The second kappa shape index (κ2) is 10.5. The summed E-state index contributed by atoms with van der Waals surface area (Å²) in [6.07, 6.45) is 22.3. The van der Waals surface area contributed by atoms with Crippen LogP contribution in [-0.2, 0) is 4.74 Å². The van der Waals surface area contributed by atoms with Gasteiger partial charge in [-0.15, -0.1) is 0 Å². The van der Waals surface area contributed by atoms with E-state index in [4.69, 9.17) is 4.74 Å². The van der Waals surface area contributed by atoms with Crippen LogP contribution in [0.3, 0.4) is 0 Å². The lowest BCUT2D eigenvalue weighted by Crippen LogP contribution is -2.23.